The summed E-state index contributed by atoms with van der Waals surface area (Å²) in [5.74, 6) is -1.37. The number of hydrogen-bond donors (Lipinski definition) is 5. The van der Waals surface area contributed by atoms with Crippen LogP contribution in [-0.2, 0) is 14.3 Å². The predicted octanol–water partition coefficient (Wildman–Crippen LogP) is 0.729. The lowest BCUT2D eigenvalue weighted by Gasteiger charge is -2.59. The van der Waals surface area contributed by atoms with Crippen LogP contribution in [0.1, 0.15) is 45.4 Å². The second-order valence-electron chi connectivity index (χ2n) is 8.93. The first-order valence-electron chi connectivity index (χ1n) is 10.1. The number of rotatable bonds is 5. The standard InChI is InChI=1S/C21H32O8/c1-11-5-4-7-20(3)8-6-13(12(2)18(26)27)9-21(11,20)29-19-17(25)16(24)15(23)14(10-22)28-19/h13-17,19,22-25H,1-2,4-10H2,3H3,(H,26,27). The highest BCUT2D eigenvalue weighted by Crippen LogP contribution is 2.59. The minimum absolute atomic E-state index is 0.113. The average Bonchev–Trinajstić information content (AvgIpc) is 2.68. The van der Waals surface area contributed by atoms with Gasteiger partial charge in [0.2, 0.25) is 0 Å². The molecule has 164 valence electrons. The fourth-order valence-corrected chi connectivity index (χ4v) is 5.29. The Morgan fingerprint density at radius 2 is 1.93 bits per heavy atom. The Balaban J connectivity index is 1.95. The molecule has 5 N–H and O–H groups in total. The first-order chi connectivity index (χ1) is 13.6. The van der Waals surface area contributed by atoms with Crippen LogP contribution < -0.4 is 0 Å². The molecule has 8 atom stereocenters. The minimum Gasteiger partial charge on any atom is -0.478 e. The third kappa shape index (κ3) is 3.66. The molecule has 0 bridgehead atoms. The lowest BCUT2D eigenvalue weighted by Crippen LogP contribution is -2.64. The van der Waals surface area contributed by atoms with Crippen molar-refractivity contribution in [3.63, 3.8) is 0 Å². The summed E-state index contributed by atoms with van der Waals surface area (Å²) in [6.45, 7) is 9.47. The molecule has 0 aromatic rings. The Labute approximate surface area is 170 Å². The summed E-state index contributed by atoms with van der Waals surface area (Å²) in [4.78, 5) is 11.5. The number of aliphatic carboxylic acids is 1. The van der Waals surface area contributed by atoms with Gasteiger partial charge in [-0.25, -0.2) is 4.79 Å². The number of hydrogen-bond acceptors (Lipinski definition) is 7. The third-order valence-corrected chi connectivity index (χ3v) is 7.26. The highest BCUT2D eigenvalue weighted by Gasteiger charge is 2.59. The first kappa shape index (κ1) is 22.4. The van der Waals surface area contributed by atoms with Gasteiger partial charge in [-0.05, 0) is 50.0 Å². The van der Waals surface area contributed by atoms with E-state index >= 15 is 0 Å². The van der Waals surface area contributed by atoms with Crippen molar-refractivity contribution in [2.24, 2.45) is 11.3 Å². The Morgan fingerprint density at radius 1 is 1.24 bits per heavy atom. The van der Waals surface area contributed by atoms with Crippen molar-refractivity contribution in [1.29, 1.82) is 0 Å². The molecule has 2 saturated carbocycles. The van der Waals surface area contributed by atoms with Crippen LogP contribution in [0, 0.1) is 11.3 Å². The fraction of sp³-hybridized carbons (Fsp3) is 0.762. The maximum Gasteiger partial charge on any atom is 0.331 e. The van der Waals surface area contributed by atoms with Gasteiger partial charge in [-0.15, -0.1) is 0 Å². The Bertz CT molecular complexity index is 676. The summed E-state index contributed by atoms with van der Waals surface area (Å²) in [5.41, 5.74) is -0.412. The van der Waals surface area contributed by atoms with Gasteiger partial charge in [0.1, 0.15) is 24.4 Å². The predicted molar refractivity (Wildman–Crippen MR) is 103 cm³/mol. The number of carboxylic acid groups (broad SMARTS) is 1. The molecule has 3 fully saturated rings. The molecule has 1 saturated heterocycles. The first-order valence-corrected chi connectivity index (χ1v) is 10.1. The van der Waals surface area contributed by atoms with E-state index in [9.17, 15) is 30.3 Å². The second-order valence-corrected chi connectivity index (χ2v) is 8.93. The summed E-state index contributed by atoms with van der Waals surface area (Å²) in [6, 6.07) is 0. The highest BCUT2D eigenvalue weighted by atomic mass is 16.7. The van der Waals surface area contributed by atoms with E-state index in [0.29, 0.717) is 25.7 Å². The molecule has 2 aliphatic carbocycles. The van der Waals surface area contributed by atoms with Crippen LogP contribution in [0.25, 0.3) is 0 Å². The second kappa shape index (κ2) is 8.09. The van der Waals surface area contributed by atoms with Gasteiger partial charge in [0.15, 0.2) is 6.29 Å². The van der Waals surface area contributed by atoms with E-state index in [4.69, 9.17) is 9.47 Å². The van der Waals surface area contributed by atoms with Crippen LogP contribution in [-0.4, -0.2) is 74.4 Å². The maximum absolute atomic E-state index is 11.5. The summed E-state index contributed by atoms with van der Waals surface area (Å²) < 4.78 is 12.0. The number of aliphatic hydroxyl groups excluding tert-OH is 4. The van der Waals surface area contributed by atoms with E-state index < -0.39 is 48.9 Å². The molecule has 0 amide bonds. The number of ether oxygens (including phenoxy) is 2. The van der Waals surface area contributed by atoms with E-state index in [1.165, 1.54) is 0 Å². The van der Waals surface area contributed by atoms with E-state index in [0.717, 1.165) is 18.4 Å². The SMILES string of the molecule is C=C(C(=O)O)C1CCC2(C)CCCC(=C)C2(OC2OC(CO)C(O)C(O)C2O)C1. The zero-order valence-corrected chi connectivity index (χ0v) is 16.8. The van der Waals surface area contributed by atoms with Gasteiger partial charge < -0.3 is 35.0 Å². The molecule has 0 radical (unpaired) electrons. The summed E-state index contributed by atoms with van der Waals surface area (Å²) in [6.07, 6.45) is -2.75. The highest BCUT2D eigenvalue weighted by molar-refractivity contribution is 5.86. The molecule has 1 aliphatic heterocycles. The zero-order valence-electron chi connectivity index (χ0n) is 16.8. The van der Waals surface area contributed by atoms with Crippen LogP contribution in [0.4, 0.5) is 0 Å². The molecule has 0 aromatic heterocycles. The van der Waals surface area contributed by atoms with Crippen molar-refractivity contribution in [2.75, 3.05) is 6.61 Å². The molecular weight excluding hydrogens is 380 g/mol. The maximum atomic E-state index is 11.5. The van der Waals surface area contributed by atoms with Gasteiger partial charge in [-0.2, -0.15) is 0 Å². The molecule has 0 spiro atoms. The molecule has 3 rings (SSSR count). The molecule has 29 heavy (non-hydrogen) atoms. The van der Waals surface area contributed by atoms with Crippen LogP contribution in [0.3, 0.4) is 0 Å². The van der Waals surface area contributed by atoms with Crippen molar-refractivity contribution < 1.29 is 39.8 Å². The minimum atomic E-state index is -1.54. The summed E-state index contributed by atoms with van der Waals surface area (Å²) in [5, 5.41) is 49.6. The van der Waals surface area contributed by atoms with Crippen molar-refractivity contribution >= 4 is 5.97 Å². The topological polar surface area (TPSA) is 137 Å². The van der Waals surface area contributed by atoms with Gasteiger partial charge in [-0.1, -0.05) is 20.1 Å². The van der Waals surface area contributed by atoms with Gasteiger partial charge in [-0.3, -0.25) is 0 Å². The average molecular weight is 412 g/mol. The molecule has 1 heterocycles. The van der Waals surface area contributed by atoms with E-state index in [1.54, 1.807) is 0 Å². The lowest BCUT2D eigenvalue weighted by molar-refractivity contribution is -0.341. The zero-order chi connectivity index (χ0) is 21.6. The van der Waals surface area contributed by atoms with Crippen molar-refractivity contribution in [1.82, 2.24) is 0 Å². The van der Waals surface area contributed by atoms with E-state index in [-0.39, 0.29) is 16.9 Å². The molecular formula is C21H32O8. The Morgan fingerprint density at radius 3 is 2.55 bits per heavy atom. The summed E-state index contributed by atoms with van der Waals surface area (Å²) >= 11 is 0. The van der Waals surface area contributed by atoms with Gasteiger partial charge >= 0.3 is 5.97 Å². The monoisotopic (exact) mass is 412 g/mol. The number of aliphatic hydroxyl groups is 4. The van der Waals surface area contributed by atoms with Crippen molar-refractivity contribution in [3.05, 3.63) is 24.3 Å². The van der Waals surface area contributed by atoms with Crippen LogP contribution in [0.5, 0.6) is 0 Å². The Kier molecular flexibility index (Phi) is 6.25. The van der Waals surface area contributed by atoms with E-state index in [1.807, 2.05) is 0 Å². The smallest absolute Gasteiger partial charge is 0.331 e. The fourth-order valence-electron chi connectivity index (χ4n) is 5.29. The normalized spacial score (nSPS) is 45.5. The van der Waals surface area contributed by atoms with E-state index in [2.05, 4.69) is 20.1 Å². The molecule has 0 aromatic carbocycles. The van der Waals surface area contributed by atoms with Crippen LogP contribution in [0.2, 0.25) is 0 Å². The molecule has 8 unspecified atom stereocenters. The van der Waals surface area contributed by atoms with Crippen LogP contribution >= 0.6 is 0 Å². The quantitative estimate of drug-likeness (QED) is 0.329. The van der Waals surface area contributed by atoms with Gasteiger partial charge in [0.05, 0.1) is 12.2 Å². The number of fused-ring (bicyclic) bond motifs is 1. The number of carboxylic acids is 1. The Hall–Kier alpha value is -1.29. The van der Waals surface area contributed by atoms with Crippen LogP contribution in [0.15, 0.2) is 24.3 Å². The van der Waals surface area contributed by atoms with Gasteiger partial charge in [0, 0.05) is 11.0 Å². The molecule has 8 heteroatoms. The van der Waals surface area contributed by atoms with Crippen molar-refractivity contribution in [2.45, 2.75) is 81.8 Å². The summed E-state index contributed by atoms with van der Waals surface area (Å²) in [7, 11) is 0. The van der Waals surface area contributed by atoms with Crippen molar-refractivity contribution in [3.8, 4) is 0 Å². The third-order valence-electron chi connectivity index (χ3n) is 7.26. The number of carbonyl (C=O) groups is 1. The largest absolute Gasteiger partial charge is 0.478 e. The molecule has 3 aliphatic rings. The van der Waals surface area contributed by atoms with Gasteiger partial charge in [0.25, 0.3) is 0 Å². The lowest BCUT2D eigenvalue weighted by atomic mass is 9.53. The molecule has 8 nitrogen and oxygen atoms in total.